The third-order valence-corrected chi connectivity index (χ3v) is 1.96. The summed E-state index contributed by atoms with van der Waals surface area (Å²) < 4.78 is 0. The van der Waals surface area contributed by atoms with Gasteiger partial charge in [0.1, 0.15) is 0 Å². The second-order valence-electron chi connectivity index (χ2n) is 3.00. The van der Waals surface area contributed by atoms with Crippen molar-refractivity contribution < 1.29 is 30.6 Å². The van der Waals surface area contributed by atoms with E-state index in [4.69, 9.17) is 42.1 Å². The summed E-state index contributed by atoms with van der Waals surface area (Å²) in [5.74, 6) is -9.91. The van der Waals surface area contributed by atoms with Gasteiger partial charge in [-0.1, -0.05) is 0 Å². The van der Waals surface area contributed by atoms with Crippen LogP contribution in [0.5, 0.6) is 0 Å². The number of nitrogens with one attached hydrogen (secondary N) is 1. The Morgan fingerprint density at radius 2 is 1.23 bits per heavy atom. The van der Waals surface area contributed by atoms with Gasteiger partial charge in [-0.25, -0.2) is 5.32 Å². The van der Waals surface area contributed by atoms with Crippen molar-refractivity contribution in [2.75, 3.05) is 0 Å². The third-order valence-electron chi connectivity index (χ3n) is 1.96. The zero-order valence-corrected chi connectivity index (χ0v) is 6.34. The Kier molecular flexibility index (Phi) is 1.79. The molecular formula is C4H11N3O6. The average Bonchev–Trinajstić information content (AvgIpc) is 1.88. The van der Waals surface area contributed by atoms with Gasteiger partial charge in [0.2, 0.25) is 11.6 Å². The van der Waals surface area contributed by atoms with Crippen molar-refractivity contribution >= 4 is 0 Å². The highest BCUT2D eigenvalue weighted by Gasteiger charge is 2.76. The summed E-state index contributed by atoms with van der Waals surface area (Å²) in [4.78, 5) is 0. The molecule has 78 valence electrons. The molecule has 0 radical (unpaired) electrons. The van der Waals surface area contributed by atoms with E-state index in [0.717, 1.165) is 0 Å². The van der Waals surface area contributed by atoms with Crippen LogP contribution in [0.25, 0.3) is 0 Å². The van der Waals surface area contributed by atoms with Crippen LogP contribution in [0.3, 0.4) is 0 Å². The maximum absolute atomic E-state index is 9.06. The van der Waals surface area contributed by atoms with Gasteiger partial charge in [-0.3, -0.25) is 11.5 Å². The Labute approximate surface area is 71.8 Å². The maximum Gasteiger partial charge on any atom is 0.276 e. The van der Waals surface area contributed by atoms with Crippen molar-refractivity contribution in [2.24, 2.45) is 11.5 Å². The smallest absolute Gasteiger partial charge is 0.276 e. The fraction of sp³-hybridized carbons (Fsp3) is 1.00. The van der Waals surface area contributed by atoms with Gasteiger partial charge in [0.15, 0.2) is 0 Å². The van der Waals surface area contributed by atoms with E-state index in [1.165, 1.54) is 5.32 Å². The highest BCUT2D eigenvalue weighted by Crippen LogP contribution is 2.36. The van der Waals surface area contributed by atoms with Crippen LogP contribution < -0.4 is 16.8 Å². The van der Waals surface area contributed by atoms with Crippen LogP contribution in [-0.2, 0) is 0 Å². The summed E-state index contributed by atoms with van der Waals surface area (Å²) in [6.07, 6.45) is 0. The van der Waals surface area contributed by atoms with Crippen molar-refractivity contribution in [1.82, 2.24) is 5.32 Å². The predicted molar refractivity (Wildman–Crippen MR) is 35.7 cm³/mol. The van der Waals surface area contributed by atoms with Crippen LogP contribution in [0.1, 0.15) is 0 Å². The lowest BCUT2D eigenvalue weighted by Gasteiger charge is -2.35. The zero-order chi connectivity index (χ0) is 10.7. The van der Waals surface area contributed by atoms with E-state index in [1.54, 1.807) is 0 Å². The molecule has 2 atom stereocenters. The van der Waals surface area contributed by atoms with E-state index in [0.29, 0.717) is 0 Å². The molecule has 1 rings (SSSR count). The van der Waals surface area contributed by atoms with Crippen LogP contribution in [0.2, 0.25) is 0 Å². The summed E-state index contributed by atoms with van der Waals surface area (Å²) in [5, 5.41) is 55.2. The summed E-state index contributed by atoms with van der Waals surface area (Å²) in [6.45, 7) is 0. The van der Waals surface area contributed by atoms with Gasteiger partial charge in [0, 0.05) is 0 Å². The fourth-order valence-electron chi connectivity index (χ4n) is 0.982. The molecule has 0 bridgehead atoms. The van der Waals surface area contributed by atoms with Gasteiger partial charge >= 0.3 is 0 Å². The van der Waals surface area contributed by atoms with Crippen LogP contribution >= 0.6 is 0 Å². The lowest BCUT2D eigenvalue weighted by Crippen LogP contribution is -2.73. The van der Waals surface area contributed by atoms with Crippen molar-refractivity contribution in [1.29, 1.82) is 0 Å². The van der Waals surface area contributed by atoms with Crippen LogP contribution in [0.4, 0.5) is 0 Å². The molecule has 0 saturated carbocycles. The Hall–Kier alpha value is -0.360. The largest absolute Gasteiger partial charge is 0.365 e. The summed E-state index contributed by atoms with van der Waals surface area (Å²) >= 11 is 0. The van der Waals surface area contributed by atoms with Gasteiger partial charge in [-0.05, 0) is 0 Å². The molecule has 9 heteroatoms. The van der Waals surface area contributed by atoms with Crippen LogP contribution in [-0.4, -0.2) is 53.9 Å². The molecule has 1 fully saturated rings. The van der Waals surface area contributed by atoms with E-state index in [9.17, 15) is 0 Å². The molecule has 1 saturated heterocycles. The van der Waals surface area contributed by atoms with Gasteiger partial charge < -0.3 is 30.6 Å². The first-order valence-electron chi connectivity index (χ1n) is 3.17. The molecule has 0 aromatic rings. The quantitative estimate of drug-likeness (QED) is 0.170. The minimum atomic E-state index is -3.52. The Balaban J connectivity index is 3.24. The van der Waals surface area contributed by atoms with E-state index in [1.807, 2.05) is 0 Å². The normalized spacial score (nSPS) is 48.0. The summed E-state index contributed by atoms with van der Waals surface area (Å²) in [5.41, 5.74) is 6.21. The van der Waals surface area contributed by atoms with Gasteiger partial charge in [0.25, 0.3) is 11.7 Å². The van der Waals surface area contributed by atoms with Crippen molar-refractivity contribution in [3.63, 3.8) is 0 Å². The molecule has 0 aromatic heterocycles. The van der Waals surface area contributed by atoms with E-state index in [-0.39, 0.29) is 0 Å². The molecule has 1 aliphatic rings. The second kappa shape index (κ2) is 2.17. The standard InChI is InChI=1S/C4H11N3O6/c5-1(8)2(9,10)3(6,11)7-4(1,12)13/h7-13H,5-6H2. The van der Waals surface area contributed by atoms with Crippen molar-refractivity contribution in [2.45, 2.75) is 23.3 Å². The number of aliphatic hydroxyl groups is 6. The molecule has 1 heterocycles. The molecule has 9 nitrogen and oxygen atoms in total. The molecule has 0 aromatic carbocycles. The highest BCUT2D eigenvalue weighted by molar-refractivity contribution is 5.12. The first kappa shape index (κ1) is 10.7. The topological polar surface area (TPSA) is 185 Å². The van der Waals surface area contributed by atoms with E-state index in [2.05, 4.69) is 0 Å². The van der Waals surface area contributed by atoms with Gasteiger partial charge in [0.05, 0.1) is 0 Å². The minimum absolute atomic E-state index is 1.32. The third kappa shape index (κ3) is 1.02. The molecule has 0 spiro atoms. The Morgan fingerprint density at radius 1 is 0.846 bits per heavy atom. The molecule has 13 heavy (non-hydrogen) atoms. The first-order chi connectivity index (χ1) is 5.46. The molecule has 2 unspecified atom stereocenters. The molecule has 0 amide bonds. The minimum Gasteiger partial charge on any atom is -0.365 e. The maximum atomic E-state index is 9.06. The number of hydrogen-bond acceptors (Lipinski definition) is 9. The molecule has 0 aliphatic carbocycles. The predicted octanol–water partition coefficient (Wildman–Crippen LogP) is -5.84. The SMILES string of the molecule is NC1(O)NC(O)(O)C(N)(O)C1(O)O. The lowest BCUT2D eigenvalue weighted by molar-refractivity contribution is -0.361. The first-order valence-corrected chi connectivity index (χ1v) is 3.17. The Morgan fingerprint density at radius 3 is 1.31 bits per heavy atom. The van der Waals surface area contributed by atoms with Crippen molar-refractivity contribution in [3.8, 4) is 0 Å². The highest BCUT2D eigenvalue weighted by atomic mass is 16.6. The fourth-order valence-corrected chi connectivity index (χ4v) is 0.982. The van der Waals surface area contributed by atoms with E-state index < -0.39 is 23.3 Å². The summed E-state index contributed by atoms with van der Waals surface area (Å²) in [7, 11) is 0. The Bertz CT molecular complexity index is 212. The summed E-state index contributed by atoms with van der Waals surface area (Å²) in [6, 6.07) is 0. The zero-order valence-electron chi connectivity index (χ0n) is 6.34. The molecule has 11 N–H and O–H groups in total. The van der Waals surface area contributed by atoms with Gasteiger partial charge in [-0.2, -0.15) is 0 Å². The number of hydrogen-bond donors (Lipinski definition) is 9. The average molecular weight is 197 g/mol. The van der Waals surface area contributed by atoms with E-state index >= 15 is 0 Å². The molecule has 1 aliphatic heterocycles. The van der Waals surface area contributed by atoms with Crippen LogP contribution in [0.15, 0.2) is 0 Å². The molecular weight excluding hydrogens is 186 g/mol. The van der Waals surface area contributed by atoms with Crippen LogP contribution in [0, 0.1) is 0 Å². The number of rotatable bonds is 0. The lowest BCUT2D eigenvalue weighted by atomic mass is 10.0. The monoisotopic (exact) mass is 197 g/mol. The second-order valence-corrected chi connectivity index (χ2v) is 3.00. The van der Waals surface area contributed by atoms with Gasteiger partial charge in [-0.15, -0.1) is 0 Å². The van der Waals surface area contributed by atoms with Crippen molar-refractivity contribution in [3.05, 3.63) is 0 Å². The number of nitrogens with two attached hydrogens (primary N) is 2.